The smallest absolute Gasteiger partial charge is 0.335 e. The number of hydrogen-bond donors (Lipinski definition) is 3. The van der Waals surface area contributed by atoms with E-state index in [0.29, 0.717) is 0 Å². The molecular formula is C12H13ClFNO5. The van der Waals surface area contributed by atoms with Gasteiger partial charge in [0.15, 0.2) is 12.2 Å². The highest BCUT2D eigenvalue weighted by molar-refractivity contribution is 6.18. The Labute approximate surface area is 119 Å². The lowest BCUT2D eigenvalue weighted by atomic mass is 10.1. The molecule has 0 aliphatic carbocycles. The van der Waals surface area contributed by atoms with Crippen molar-refractivity contribution in [3.8, 4) is 0 Å². The number of carboxylic acids is 1. The van der Waals surface area contributed by atoms with Gasteiger partial charge < -0.3 is 20.2 Å². The molecule has 0 aliphatic rings. The summed E-state index contributed by atoms with van der Waals surface area (Å²) in [6, 6.07) is 4.76. The molecule has 0 saturated carbocycles. The number of hydrogen-bond acceptors (Lipinski definition) is 4. The number of halogens is 2. The second kappa shape index (κ2) is 7.18. The number of nitrogens with zero attached hydrogens (tertiary/aromatic N) is 1. The van der Waals surface area contributed by atoms with Crippen LogP contribution in [-0.4, -0.2) is 51.8 Å². The number of amides is 1. The zero-order valence-corrected chi connectivity index (χ0v) is 11.0. The number of rotatable bonds is 6. The molecule has 0 aromatic heterocycles. The molecule has 0 aliphatic heterocycles. The summed E-state index contributed by atoms with van der Waals surface area (Å²) in [5.74, 6) is -3.26. The van der Waals surface area contributed by atoms with Crippen molar-refractivity contribution in [1.29, 1.82) is 0 Å². The lowest BCUT2D eigenvalue weighted by Crippen LogP contribution is -2.48. The molecule has 0 radical (unpaired) electrons. The van der Waals surface area contributed by atoms with Crippen LogP contribution in [0.15, 0.2) is 24.3 Å². The zero-order chi connectivity index (χ0) is 15.3. The lowest BCUT2D eigenvalue weighted by Gasteiger charge is -2.25. The van der Waals surface area contributed by atoms with Crippen molar-refractivity contribution in [3.63, 3.8) is 0 Å². The van der Waals surface area contributed by atoms with Crippen molar-refractivity contribution < 1.29 is 29.3 Å². The summed E-state index contributed by atoms with van der Waals surface area (Å²) in [6.45, 7) is -0.0323. The van der Waals surface area contributed by atoms with Gasteiger partial charge in [-0.2, -0.15) is 0 Å². The van der Waals surface area contributed by atoms with Gasteiger partial charge in [0, 0.05) is 18.1 Å². The van der Waals surface area contributed by atoms with Crippen LogP contribution >= 0.6 is 11.6 Å². The fourth-order valence-electron chi connectivity index (χ4n) is 1.50. The van der Waals surface area contributed by atoms with Crippen molar-refractivity contribution >= 4 is 29.2 Å². The molecule has 1 amide bonds. The third-order valence-electron chi connectivity index (χ3n) is 2.52. The van der Waals surface area contributed by atoms with Crippen LogP contribution in [0.25, 0.3) is 0 Å². The van der Waals surface area contributed by atoms with Crippen molar-refractivity contribution in [3.05, 3.63) is 30.1 Å². The lowest BCUT2D eigenvalue weighted by molar-refractivity contribution is -0.157. The summed E-state index contributed by atoms with van der Waals surface area (Å²) in [7, 11) is 0. The summed E-state index contributed by atoms with van der Waals surface area (Å²) in [6.07, 6.45) is -4.39. The van der Waals surface area contributed by atoms with Gasteiger partial charge in [-0.3, -0.25) is 4.79 Å². The molecule has 0 bridgehead atoms. The minimum absolute atomic E-state index is 0.0129. The molecule has 8 heteroatoms. The quantitative estimate of drug-likeness (QED) is 0.652. The van der Waals surface area contributed by atoms with E-state index in [1.807, 2.05) is 0 Å². The van der Waals surface area contributed by atoms with Gasteiger partial charge >= 0.3 is 5.97 Å². The van der Waals surface area contributed by atoms with Gasteiger partial charge in [0.2, 0.25) is 0 Å². The second-order valence-electron chi connectivity index (χ2n) is 3.88. The molecular weight excluding hydrogens is 293 g/mol. The van der Waals surface area contributed by atoms with Crippen molar-refractivity contribution in [1.82, 2.24) is 0 Å². The molecule has 6 nitrogen and oxygen atoms in total. The molecule has 1 rings (SSSR count). The molecule has 0 fully saturated rings. The minimum atomic E-state index is -2.25. The minimum Gasteiger partial charge on any atom is -0.479 e. The van der Waals surface area contributed by atoms with Gasteiger partial charge in [-0.25, -0.2) is 9.18 Å². The predicted molar refractivity (Wildman–Crippen MR) is 69.1 cm³/mol. The van der Waals surface area contributed by atoms with Crippen molar-refractivity contribution in [2.45, 2.75) is 12.2 Å². The Morgan fingerprint density at radius 1 is 1.20 bits per heavy atom. The SMILES string of the molecule is O=C(O)[C@H](O)[C@@H](O)C(=O)N(CCCl)c1ccc(F)cc1. The maximum absolute atomic E-state index is 12.8. The van der Waals surface area contributed by atoms with Crippen molar-refractivity contribution in [2.24, 2.45) is 0 Å². The van der Waals surface area contributed by atoms with E-state index >= 15 is 0 Å². The Morgan fingerprint density at radius 3 is 2.20 bits per heavy atom. The van der Waals surface area contributed by atoms with Crippen LogP contribution in [0.2, 0.25) is 0 Å². The van der Waals surface area contributed by atoms with Crippen LogP contribution in [-0.2, 0) is 9.59 Å². The summed E-state index contributed by atoms with van der Waals surface area (Å²) in [4.78, 5) is 23.5. The number of anilines is 1. The highest BCUT2D eigenvalue weighted by atomic mass is 35.5. The maximum Gasteiger partial charge on any atom is 0.335 e. The molecule has 110 valence electrons. The Balaban J connectivity index is 2.98. The number of carboxylic acid groups (broad SMARTS) is 1. The topological polar surface area (TPSA) is 98.1 Å². The monoisotopic (exact) mass is 305 g/mol. The Bertz CT molecular complexity index is 481. The normalized spacial score (nSPS) is 13.6. The Hall–Kier alpha value is -1.70. The molecule has 0 spiro atoms. The third kappa shape index (κ3) is 3.89. The number of aliphatic carboxylic acids is 1. The first-order chi connectivity index (χ1) is 9.38. The average molecular weight is 306 g/mol. The fourth-order valence-corrected chi connectivity index (χ4v) is 1.67. The molecule has 0 unspecified atom stereocenters. The van der Waals surface area contributed by atoms with Gasteiger partial charge in [0.1, 0.15) is 5.82 Å². The van der Waals surface area contributed by atoms with E-state index in [1.165, 1.54) is 12.1 Å². The van der Waals surface area contributed by atoms with Gasteiger partial charge in [-0.1, -0.05) is 0 Å². The largest absolute Gasteiger partial charge is 0.479 e. The predicted octanol–water partition coefficient (Wildman–Crippen LogP) is 0.204. The number of carbonyl (C=O) groups is 2. The summed E-state index contributed by atoms with van der Waals surface area (Å²) < 4.78 is 12.8. The van der Waals surface area contributed by atoms with Gasteiger partial charge in [-0.15, -0.1) is 11.6 Å². The number of aliphatic hydroxyl groups excluding tert-OH is 2. The molecule has 1 aromatic rings. The summed E-state index contributed by atoms with van der Waals surface area (Å²) in [5, 5.41) is 27.3. The van der Waals surface area contributed by atoms with E-state index in [-0.39, 0.29) is 18.1 Å². The van der Waals surface area contributed by atoms with Crippen LogP contribution in [0.3, 0.4) is 0 Å². The Morgan fingerprint density at radius 2 is 1.75 bits per heavy atom. The molecule has 3 N–H and O–H groups in total. The second-order valence-corrected chi connectivity index (χ2v) is 4.26. The third-order valence-corrected chi connectivity index (χ3v) is 2.69. The van der Waals surface area contributed by atoms with Crippen LogP contribution in [0.1, 0.15) is 0 Å². The number of alkyl halides is 1. The van der Waals surface area contributed by atoms with Gasteiger partial charge in [-0.05, 0) is 24.3 Å². The van der Waals surface area contributed by atoms with Crippen LogP contribution in [0, 0.1) is 5.82 Å². The Kier molecular flexibility index (Phi) is 5.87. The molecule has 1 aromatic carbocycles. The van der Waals surface area contributed by atoms with Gasteiger partial charge in [0.25, 0.3) is 5.91 Å². The van der Waals surface area contributed by atoms with E-state index in [2.05, 4.69) is 0 Å². The first-order valence-electron chi connectivity index (χ1n) is 5.60. The molecule has 2 atom stereocenters. The average Bonchev–Trinajstić information content (AvgIpc) is 2.43. The van der Waals surface area contributed by atoms with Gasteiger partial charge in [0.05, 0.1) is 0 Å². The van der Waals surface area contributed by atoms with E-state index in [0.717, 1.165) is 17.0 Å². The highest BCUT2D eigenvalue weighted by Gasteiger charge is 2.33. The molecule has 20 heavy (non-hydrogen) atoms. The number of carbonyl (C=O) groups excluding carboxylic acids is 1. The molecule has 0 saturated heterocycles. The van der Waals surface area contributed by atoms with E-state index in [9.17, 15) is 24.2 Å². The first kappa shape index (κ1) is 16.4. The fraction of sp³-hybridized carbons (Fsp3) is 0.333. The van der Waals surface area contributed by atoms with Crippen LogP contribution in [0.4, 0.5) is 10.1 Å². The van der Waals surface area contributed by atoms with E-state index < -0.39 is 29.9 Å². The number of benzene rings is 1. The standard InChI is InChI=1S/C12H13ClFNO5/c13-5-6-15(8-3-1-7(14)2-4-8)11(18)9(16)10(17)12(19)20/h1-4,9-10,16-17H,5-6H2,(H,19,20)/t9-,10-/m1/s1. The van der Waals surface area contributed by atoms with Crippen LogP contribution < -0.4 is 4.90 Å². The maximum atomic E-state index is 12.8. The van der Waals surface area contributed by atoms with E-state index in [1.54, 1.807) is 0 Å². The van der Waals surface area contributed by atoms with Crippen molar-refractivity contribution in [2.75, 3.05) is 17.3 Å². The zero-order valence-electron chi connectivity index (χ0n) is 10.2. The summed E-state index contributed by atoms with van der Waals surface area (Å²) >= 11 is 5.54. The highest BCUT2D eigenvalue weighted by Crippen LogP contribution is 2.17. The van der Waals surface area contributed by atoms with Crippen LogP contribution in [0.5, 0.6) is 0 Å². The molecule has 0 heterocycles. The number of aliphatic hydroxyl groups is 2. The summed E-state index contributed by atoms with van der Waals surface area (Å²) in [5.41, 5.74) is 0.230. The van der Waals surface area contributed by atoms with E-state index in [4.69, 9.17) is 16.7 Å². The first-order valence-corrected chi connectivity index (χ1v) is 6.13.